The van der Waals surface area contributed by atoms with Crippen LogP contribution in [0.4, 0.5) is 14.5 Å². The standard InChI is InChI=1S/C16H21F2N3/c1-2-3-5-13-11-20-6-4-7-21(13)16-9-14(17)12(10-19)8-15(16)18/h8-9,13,20H,2-7,11H2,1H3. The molecule has 5 heteroatoms. The summed E-state index contributed by atoms with van der Waals surface area (Å²) in [6, 6.07) is 4.00. The summed E-state index contributed by atoms with van der Waals surface area (Å²) in [6.07, 6.45) is 3.98. The first kappa shape index (κ1) is 15.7. The molecule has 3 nitrogen and oxygen atoms in total. The maximum absolute atomic E-state index is 14.2. The maximum atomic E-state index is 14.2. The molecule has 1 fully saturated rings. The topological polar surface area (TPSA) is 39.1 Å². The van der Waals surface area contributed by atoms with Crippen LogP contribution in [0.3, 0.4) is 0 Å². The first-order valence-electron chi connectivity index (χ1n) is 7.54. The zero-order valence-corrected chi connectivity index (χ0v) is 12.3. The van der Waals surface area contributed by atoms with E-state index < -0.39 is 11.6 Å². The number of hydrogen-bond acceptors (Lipinski definition) is 3. The van der Waals surface area contributed by atoms with E-state index in [9.17, 15) is 8.78 Å². The molecule has 21 heavy (non-hydrogen) atoms. The van der Waals surface area contributed by atoms with Gasteiger partial charge in [-0.2, -0.15) is 5.26 Å². The second-order valence-electron chi connectivity index (χ2n) is 5.44. The Balaban J connectivity index is 2.31. The summed E-state index contributed by atoms with van der Waals surface area (Å²) in [5, 5.41) is 12.1. The van der Waals surface area contributed by atoms with E-state index in [1.165, 1.54) is 0 Å². The smallest absolute Gasteiger partial charge is 0.148 e. The Morgan fingerprint density at radius 2 is 2.19 bits per heavy atom. The van der Waals surface area contributed by atoms with E-state index in [4.69, 9.17) is 5.26 Å². The van der Waals surface area contributed by atoms with Gasteiger partial charge in [-0.05, 0) is 25.5 Å². The minimum Gasteiger partial charge on any atom is -0.365 e. The second kappa shape index (κ2) is 7.37. The van der Waals surface area contributed by atoms with Gasteiger partial charge in [0.1, 0.15) is 17.7 Å². The minimum atomic E-state index is -0.652. The molecular formula is C16H21F2N3. The summed E-state index contributed by atoms with van der Waals surface area (Å²) in [4.78, 5) is 1.95. The van der Waals surface area contributed by atoms with Crippen LogP contribution in [-0.2, 0) is 0 Å². The lowest BCUT2D eigenvalue weighted by molar-refractivity contribution is 0.513. The summed E-state index contributed by atoms with van der Waals surface area (Å²) < 4.78 is 28.1. The summed E-state index contributed by atoms with van der Waals surface area (Å²) in [7, 11) is 0. The van der Waals surface area contributed by atoms with Crippen LogP contribution >= 0.6 is 0 Å². The Labute approximate surface area is 124 Å². The zero-order chi connectivity index (χ0) is 15.2. The fraction of sp³-hybridized carbons (Fsp3) is 0.562. The van der Waals surface area contributed by atoms with Crippen molar-refractivity contribution in [1.29, 1.82) is 5.26 Å². The predicted molar refractivity (Wildman–Crippen MR) is 79.2 cm³/mol. The molecule has 0 amide bonds. The van der Waals surface area contributed by atoms with Gasteiger partial charge in [-0.3, -0.25) is 0 Å². The Kier molecular flexibility index (Phi) is 5.51. The number of anilines is 1. The van der Waals surface area contributed by atoms with Crippen LogP contribution in [-0.4, -0.2) is 25.7 Å². The van der Waals surface area contributed by atoms with Gasteiger partial charge in [0.15, 0.2) is 0 Å². The van der Waals surface area contributed by atoms with Crippen LogP contribution in [0.5, 0.6) is 0 Å². The van der Waals surface area contributed by atoms with Gasteiger partial charge in [0.2, 0.25) is 0 Å². The van der Waals surface area contributed by atoms with Crippen molar-refractivity contribution in [3.05, 3.63) is 29.3 Å². The van der Waals surface area contributed by atoms with E-state index in [-0.39, 0.29) is 17.3 Å². The summed E-state index contributed by atoms with van der Waals surface area (Å²) in [6.45, 7) is 4.49. The first-order chi connectivity index (χ1) is 10.2. The zero-order valence-electron chi connectivity index (χ0n) is 12.3. The van der Waals surface area contributed by atoms with Crippen molar-refractivity contribution >= 4 is 5.69 Å². The Hall–Kier alpha value is -1.67. The van der Waals surface area contributed by atoms with E-state index in [1.807, 2.05) is 4.90 Å². The van der Waals surface area contributed by atoms with Gasteiger partial charge in [-0.15, -0.1) is 0 Å². The van der Waals surface area contributed by atoms with Gasteiger partial charge >= 0.3 is 0 Å². The lowest BCUT2D eigenvalue weighted by atomic mass is 10.1. The fourth-order valence-corrected chi connectivity index (χ4v) is 2.79. The highest BCUT2D eigenvalue weighted by atomic mass is 19.1. The Morgan fingerprint density at radius 3 is 2.90 bits per heavy atom. The molecule has 1 aromatic rings. The molecule has 0 radical (unpaired) electrons. The fourth-order valence-electron chi connectivity index (χ4n) is 2.79. The third-order valence-corrected chi connectivity index (χ3v) is 3.93. The molecule has 0 aromatic heterocycles. The minimum absolute atomic E-state index is 0.161. The van der Waals surface area contributed by atoms with Crippen LogP contribution in [0, 0.1) is 23.0 Å². The predicted octanol–water partition coefficient (Wildman–Crippen LogP) is 3.19. The van der Waals surface area contributed by atoms with E-state index >= 15 is 0 Å². The van der Waals surface area contributed by atoms with Crippen molar-refractivity contribution in [2.45, 2.75) is 38.6 Å². The van der Waals surface area contributed by atoms with Crippen molar-refractivity contribution in [1.82, 2.24) is 5.32 Å². The van der Waals surface area contributed by atoms with Gasteiger partial charge in [0.05, 0.1) is 11.3 Å². The normalized spacial score (nSPS) is 19.1. The lowest BCUT2D eigenvalue weighted by Crippen LogP contribution is -2.40. The number of benzene rings is 1. The van der Waals surface area contributed by atoms with Crippen LogP contribution in [0.1, 0.15) is 38.2 Å². The molecule has 1 aromatic carbocycles. The van der Waals surface area contributed by atoms with Gasteiger partial charge in [0.25, 0.3) is 0 Å². The van der Waals surface area contributed by atoms with Crippen molar-refractivity contribution in [3.63, 3.8) is 0 Å². The second-order valence-corrected chi connectivity index (χ2v) is 5.44. The molecule has 0 saturated carbocycles. The number of rotatable bonds is 4. The maximum Gasteiger partial charge on any atom is 0.148 e. The lowest BCUT2D eigenvalue weighted by Gasteiger charge is -2.32. The van der Waals surface area contributed by atoms with E-state index in [1.54, 1.807) is 6.07 Å². The van der Waals surface area contributed by atoms with Crippen LogP contribution in [0.2, 0.25) is 0 Å². The quantitative estimate of drug-likeness (QED) is 0.926. The summed E-state index contributed by atoms with van der Waals surface area (Å²) >= 11 is 0. The molecule has 1 unspecified atom stereocenters. The van der Waals surface area contributed by atoms with Crippen molar-refractivity contribution in [2.24, 2.45) is 0 Å². The molecule has 1 atom stereocenters. The molecule has 1 aliphatic heterocycles. The van der Waals surface area contributed by atoms with Gasteiger partial charge in [0, 0.05) is 25.2 Å². The molecule has 0 spiro atoms. The number of nitriles is 1. The highest BCUT2D eigenvalue weighted by Gasteiger charge is 2.24. The van der Waals surface area contributed by atoms with E-state index in [2.05, 4.69) is 12.2 Å². The number of nitrogens with zero attached hydrogens (tertiary/aromatic N) is 2. The van der Waals surface area contributed by atoms with Crippen LogP contribution < -0.4 is 10.2 Å². The highest BCUT2D eigenvalue weighted by molar-refractivity contribution is 5.53. The number of nitrogens with one attached hydrogen (secondary N) is 1. The van der Waals surface area contributed by atoms with Crippen molar-refractivity contribution in [3.8, 4) is 6.07 Å². The molecule has 0 bridgehead atoms. The average molecular weight is 293 g/mol. The average Bonchev–Trinajstić information content (AvgIpc) is 2.72. The largest absolute Gasteiger partial charge is 0.365 e. The molecular weight excluding hydrogens is 272 g/mol. The SMILES string of the molecule is CCCCC1CNCCCN1c1cc(F)c(C#N)cc1F. The van der Waals surface area contributed by atoms with Gasteiger partial charge < -0.3 is 10.2 Å². The third-order valence-electron chi connectivity index (χ3n) is 3.93. The van der Waals surface area contributed by atoms with Crippen LogP contribution in [0.25, 0.3) is 0 Å². The first-order valence-corrected chi connectivity index (χ1v) is 7.54. The van der Waals surface area contributed by atoms with E-state index in [0.717, 1.165) is 50.9 Å². The Bertz CT molecular complexity index is 525. The summed E-state index contributed by atoms with van der Waals surface area (Å²) in [5.74, 6) is -1.17. The number of halogens is 2. The molecule has 1 N–H and O–H groups in total. The number of hydrogen-bond donors (Lipinski definition) is 1. The molecule has 1 aliphatic rings. The summed E-state index contributed by atoms with van der Waals surface area (Å²) in [5.41, 5.74) is 0.0330. The molecule has 0 aliphatic carbocycles. The van der Waals surface area contributed by atoms with Crippen LogP contribution in [0.15, 0.2) is 12.1 Å². The van der Waals surface area contributed by atoms with E-state index in [0.29, 0.717) is 6.54 Å². The molecule has 2 rings (SSSR count). The molecule has 1 saturated heterocycles. The molecule has 1 heterocycles. The third kappa shape index (κ3) is 3.70. The number of unbranched alkanes of at least 4 members (excludes halogenated alkanes) is 1. The highest BCUT2D eigenvalue weighted by Crippen LogP contribution is 2.27. The van der Waals surface area contributed by atoms with Gasteiger partial charge in [-0.1, -0.05) is 19.8 Å². The Morgan fingerprint density at radius 1 is 1.38 bits per heavy atom. The molecule has 114 valence electrons. The van der Waals surface area contributed by atoms with Crippen molar-refractivity contribution < 1.29 is 8.78 Å². The van der Waals surface area contributed by atoms with Crippen molar-refractivity contribution in [2.75, 3.05) is 24.5 Å². The van der Waals surface area contributed by atoms with Gasteiger partial charge in [-0.25, -0.2) is 8.78 Å². The monoisotopic (exact) mass is 293 g/mol.